The van der Waals surface area contributed by atoms with Crippen LogP contribution in [-0.2, 0) is 22.4 Å². The van der Waals surface area contributed by atoms with Gasteiger partial charge in [0.2, 0.25) is 0 Å². The van der Waals surface area contributed by atoms with Crippen LogP contribution in [0.5, 0.6) is 0 Å². The van der Waals surface area contributed by atoms with Crippen molar-refractivity contribution in [1.82, 2.24) is 15.0 Å². The standard InChI is InChI=1S/C28H30F3N3O3/c1-6-23-32-27(37-33-23)18-8-9-20-19(14-18)11-16(2)34(15-28(3,4)31)26(20)25-21(29)12-17(13-22(25)30)7-10-24(35)36-5/h7-10,12-14,16,26H,6,11,15H2,1-5H3/b10-7+/t16-,26+/m0/s1. The SMILES string of the molecule is CCc1noc(-c2ccc3c(c2)C[C@H](C)N(CC(C)(C)F)[C@H]3c2c(F)cc(/C=C/C(=O)OC)cc2F)n1. The lowest BCUT2D eigenvalue weighted by Gasteiger charge is -2.44. The molecule has 37 heavy (non-hydrogen) atoms. The number of halogens is 3. The normalized spacial score (nSPS) is 18.3. The molecule has 0 spiro atoms. The molecule has 0 bridgehead atoms. The lowest BCUT2D eigenvalue weighted by molar-refractivity contribution is -0.134. The molecule has 0 radical (unpaired) electrons. The highest BCUT2D eigenvalue weighted by Gasteiger charge is 2.39. The number of nitrogens with zero attached hydrogens (tertiary/aromatic N) is 3. The van der Waals surface area contributed by atoms with E-state index in [0.717, 1.165) is 23.8 Å². The number of rotatable bonds is 7. The summed E-state index contributed by atoms with van der Waals surface area (Å²) in [5.74, 6) is -1.26. The Morgan fingerprint density at radius 1 is 1.24 bits per heavy atom. The van der Waals surface area contributed by atoms with E-state index in [-0.39, 0.29) is 23.7 Å². The summed E-state index contributed by atoms with van der Waals surface area (Å²) >= 11 is 0. The van der Waals surface area contributed by atoms with Crippen molar-refractivity contribution in [1.29, 1.82) is 0 Å². The van der Waals surface area contributed by atoms with Gasteiger partial charge in [-0.25, -0.2) is 18.0 Å². The topological polar surface area (TPSA) is 68.5 Å². The zero-order valence-corrected chi connectivity index (χ0v) is 21.5. The predicted octanol–water partition coefficient (Wildman–Crippen LogP) is 5.85. The van der Waals surface area contributed by atoms with E-state index < -0.39 is 29.3 Å². The number of aryl methyl sites for hydroxylation is 1. The monoisotopic (exact) mass is 513 g/mol. The number of carbonyl (C=O) groups is 1. The smallest absolute Gasteiger partial charge is 0.330 e. The molecule has 0 unspecified atom stereocenters. The van der Waals surface area contributed by atoms with Crippen molar-refractivity contribution in [2.24, 2.45) is 0 Å². The molecular weight excluding hydrogens is 483 g/mol. The highest BCUT2D eigenvalue weighted by molar-refractivity contribution is 5.86. The Morgan fingerprint density at radius 3 is 2.54 bits per heavy atom. The average Bonchev–Trinajstić information content (AvgIpc) is 3.32. The molecule has 1 aliphatic rings. The number of benzene rings is 2. The maximum atomic E-state index is 15.6. The first-order valence-corrected chi connectivity index (χ1v) is 12.2. The van der Waals surface area contributed by atoms with Gasteiger partial charge in [0.25, 0.3) is 5.89 Å². The number of aromatic nitrogens is 2. The van der Waals surface area contributed by atoms with Gasteiger partial charge in [0.1, 0.15) is 17.3 Å². The fraction of sp³-hybridized carbons (Fsp3) is 0.393. The molecule has 0 aliphatic carbocycles. The first-order valence-electron chi connectivity index (χ1n) is 12.2. The second-order valence-corrected chi connectivity index (χ2v) is 9.88. The first kappa shape index (κ1) is 26.6. The molecule has 4 rings (SSSR count). The minimum atomic E-state index is -1.60. The molecule has 2 heterocycles. The van der Waals surface area contributed by atoms with Crippen LogP contribution < -0.4 is 0 Å². The Kier molecular flexibility index (Phi) is 7.54. The molecule has 0 saturated heterocycles. The van der Waals surface area contributed by atoms with Crippen molar-refractivity contribution < 1.29 is 27.2 Å². The maximum absolute atomic E-state index is 15.6. The molecule has 2 aromatic carbocycles. The molecular formula is C28H30F3N3O3. The van der Waals surface area contributed by atoms with Crippen LogP contribution in [0, 0.1) is 11.6 Å². The third-order valence-corrected chi connectivity index (χ3v) is 6.43. The van der Waals surface area contributed by atoms with Gasteiger partial charge in [-0.15, -0.1) is 0 Å². The number of methoxy groups -OCH3 is 1. The van der Waals surface area contributed by atoms with Crippen LogP contribution in [0.25, 0.3) is 17.5 Å². The van der Waals surface area contributed by atoms with Gasteiger partial charge in [-0.2, -0.15) is 4.98 Å². The van der Waals surface area contributed by atoms with Crippen LogP contribution in [0.4, 0.5) is 13.2 Å². The molecule has 1 aromatic heterocycles. The van der Waals surface area contributed by atoms with Gasteiger partial charge in [-0.3, -0.25) is 4.90 Å². The van der Waals surface area contributed by atoms with E-state index in [4.69, 9.17) is 4.52 Å². The summed E-state index contributed by atoms with van der Waals surface area (Å²) in [6, 6.07) is 6.71. The van der Waals surface area contributed by atoms with Crippen LogP contribution >= 0.6 is 0 Å². The van der Waals surface area contributed by atoms with E-state index in [0.29, 0.717) is 35.7 Å². The van der Waals surface area contributed by atoms with E-state index in [1.807, 2.05) is 19.9 Å². The zero-order valence-electron chi connectivity index (χ0n) is 21.5. The summed E-state index contributed by atoms with van der Waals surface area (Å²) < 4.78 is 56.0. The second-order valence-electron chi connectivity index (χ2n) is 9.88. The summed E-state index contributed by atoms with van der Waals surface area (Å²) in [4.78, 5) is 17.6. The van der Waals surface area contributed by atoms with Crippen molar-refractivity contribution in [2.45, 2.75) is 58.3 Å². The van der Waals surface area contributed by atoms with E-state index in [2.05, 4.69) is 14.9 Å². The Labute approximate surface area is 214 Å². The fourth-order valence-corrected chi connectivity index (χ4v) is 4.76. The van der Waals surface area contributed by atoms with Gasteiger partial charge in [0.05, 0.1) is 13.2 Å². The molecule has 0 N–H and O–H groups in total. The fourth-order valence-electron chi connectivity index (χ4n) is 4.76. The van der Waals surface area contributed by atoms with Crippen molar-refractivity contribution in [3.05, 3.63) is 76.1 Å². The number of carbonyl (C=O) groups excluding carboxylic acids is 1. The molecule has 9 heteroatoms. The highest BCUT2D eigenvalue weighted by atomic mass is 19.1. The minimum absolute atomic E-state index is 0.0214. The van der Waals surface area contributed by atoms with Crippen LogP contribution in [0.1, 0.15) is 61.8 Å². The van der Waals surface area contributed by atoms with Gasteiger partial charge in [-0.1, -0.05) is 18.1 Å². The molecule has 3 aromatic rings. The summed E-state index contributed by atoms with van der Waals surface area (Å²) in [6.45, 7) is 6.72. The van der Waals surface area contributed by atoms with Crippen molar-refractivity contribution in [3.8, 4) is 11.5 Å². The Morgan fingerprint density at radius 2 is 1.95 bits per heavy atom. The molecule has 6 nitrogen and oxygen atoms in total. The van der Waals surface area contributed by atoms with E-state index in [1.54, 1.807) is 17.0 Å². The maximum Gasteiger partial charge on any atom is 0.330 e. The number of alkyl halides is 1. The van der Waals surface area contributed by atoms with Gasteiger partial charge in [0, 0.05) is 36.2 Å². The summed E-state index contributed by atoms with van der Waals surface area (Å²) in [6.07, 6.45) is 3.55. The average molecular weight is 514 g/mol. The van der Waals surface area contributed by atoms with Gasteiger partial charge >= 0.3 is 5.97 Å². The Bertz CT molecular complexity index is 1310. The van der Waals surface area contributed by atoms with Crippen molar-refractivity contribution in [2.75, 3.05) is 13.7 Å². The lowest BCUT2D eigenvalue weighted by Crippen LogP contribution is -2.48. The molecule has 0 amide bonds. The third-order valence-electron chi connectivity index (χ3n) is 6.43. The number of ether oxygens (including phenoxy) is 1. The van der Waals surface area contributed by atoms with Gasteiger partial charge in [0.15, 0.2) is 5.82 Å². The molecule has 0 fully saturated rings. The van der Waals surface area contributed by atoms with Crippen molar-refractivity contribution >= 4 is 12.0 Å². The van der Waals surface area contributed by atoms with Gasteiger partial charge < -0.3 is 9.26 Å². The summed E-state index contributed by atoms with van der Waals surface area (Å²) in [5, 5.41) is 3.95. The number of hydrogen-bond acceptors (Lipinski definition) is 6. The summed E-state index contributed by atoms with van der Waals surface area (Å²) in [7, 11) is 1.21. The van der Waals surface area contributed by atoms with Crippen molar-refractivity contribution in [3.63, 3.8) is 0 Å². The summed E-state index contributed by atoms with van der Waals surface area (Å²) in [5.41, 5.74) is 0.653. The largest absolute Gasteiger partial charge is 0.466 e. The van der Waals surface area contributed by atoms with E-state index in [9.17, 15) is 9.18 Å². The first-order chi connectivity index (χ1) is 17.5. The highest BCUT2D eigenvalue weighted by Crippen LogP contribution is 2.42. The van der Waals surface area contributed by atoms with Crippen LogP contribution in [0.2, 0.25) is 0 Å². The van der Waals surface area contributed by atoms with Gasteiger partial charge in [-0.05, 0) is 74.2 Å². The number of esters is 1. The molecule has 196 valence electrons. The zero-order chi connectivity index (χ0) is 26.9. The Hall–Kier alpha value is -3.46. The van der Waals surface area contributed by atoms with E-state index >= 15 is 8.78 Å². The van der Waals surface area contributed by atoms with Crippen LogP contribution in [-0.4, -0.2) is 46.4 Å². The number of fused-ring (bicyclic) bond motifs is 1. The van der Waals surface area contributed by atoms with Crippen LogP contribution in [0.15, 0.2) is 40.9 Å². The molecule has 1 aliphatic heterocycles. The van der Waals surface area contributed by atoms with E-state index in [1.165, 1.54) is 27.0 Å². The third kappa shape index (κ3) is 5.77. The predicted molar refractivity (Wildman–Crippen MR) is 133 cm³/mol. The molecule has 2 atom stereocenters. The number of hydrogen-bond donors (Lipinski definition) is 0. The van der Waals surface area contributed by atoms with Crippen LogP contribution in [0.3, 0.4) is 0 Å². The second kappa shape index (κ2) is 10.5. The molecule has 0 saturated carbocycles. The quantitative estimate of drug-likeness (QED) is 0.292. The Balaban J connectivity index is 1.83. The minimum Gasteiger partial charge on any atom is -0.466 e. The lowest BCUT2D eigenvalue weighted by atomic mass is 9.83.